The first-order valence-electron chi connectivity index (χ1n) is 8.97. The van der Waals surface area contributed by atoms with Crippen molar-refractivity contribution in [3.63, 3.8) is 0 Å². The molecule has 1 amide bonds. The van der Waals surface area contributed by atoms with Gasteiger partial charge in [-0.05, 0) is 31.2 Å². The fraction of sp³-hybridized carbons (Fsp3) is 0.143. The molecule has 7 heteroatoms. The number of benzene rings is 2. The topological polar surface area (TPSA) is 81.4 Å². The molecule has 4 aromatic rings. The van der Waals surface area contributed by atoms with E-state index in [0.29, 0.717) is 17.2 Å². The quantitative estimate of drug-likeness (QED) is 0.562. The van der Waals surface area contributed by atoms with Gasteiger partial charge in [-0.15, -0.1) is 10.2 Å². The van der Waals surface area contributed by atoms with Gasteiger partial charge in [0.1, 0.15) is 5.75 Å². The number of fused-ring (bicyclic) bond motifs is 1. The summed E-state index contributed by atoms with van der Waals surface area (Å²) in [6.45, 7) is 1.91. The number of para-hydroxylation sites is 1. The summed E-state index contributed by atoms with van der Waals surface area (Å²) in [5, 5.41) is 15.7. The minimum absolute atomic E-state index is 0.202. The number of hydrogen-bond acceptors (Lipinski definition) is 5. The van der Waals surface area contributed by atoms with Crippen molar-refractivity contribution in [3.8, 4) is 17.0 Å². The summed E-state index contributed by atoms with van der Waals surface area (Å²) < 4.78 is 7.28. The second kappa shape index (κ2) is 7.87. The number of carbonyl (C=O) groups excluding carboxylic acids is 1. The molecule has 0 aliphatic rings. The molecule has 1 unspecified atom stereocenters. The Morgan fingerprint density at radius 3 is 2.46 bits per heavy atom. The van der Waals surface area contributed by atoms with Crippen molar-refractivity contribution in [3.05, 3.63) is 78.6 Å². The fourth-order valence-electron chi connectivity index (χ4n) is 2.77. The summed E-state index contributed by atoms with van der Waals surface area (Å²) in [5.74, 6) is 0.958. The number of nitrogens with one attached hydrogen (secondary N) is 1. The Balaban J connectivity index is 1.46. The Morgan fingerprint density at radius 2 is 1.71 bits per heavy atom. The first kappa shape index (κ1) is 17.7. The third kappa shape index (κ3) is 3.83. The monoisotopic (exact) mass is 373 g/mol. The molecule has 0 aliphatic heterocycles. The highest BCUT2D eigenvalue weighted by Crippen LogP contribution is 2.17. The molecule has 2 aromatic carbocycles. The van der Waals surface area contributed by atoms with Gasteiger partial charge >= 0.3 is 0 Å². The Labute approximate surface area is 162 Å². The second-order valence-electron chi connectivity index (χ2n) is 6.26. The van der Waals surface area contributed by atoms with E-state index in [-0.39, 0.29) is 12.5 Å². The third-order valence-corrected chi connectivity index (χ3v) is 4.24. The zero-order valence-corrected chi connectivity index (χ0v) is 15.3. The van der Waals surface area contributed by atoms with E-state index in [2.05, 4.69) is 20.6 Å². The van der Waals surface area contributed by atoms with Crippen molar-refractivity contribution in [2.24, 2.45) is 0 Å². The zero-order valence-electron chi connectivity index (χ0n) is 15.3. The number of nitrogens with zero attached hydrogens (tertiary/aromatic N) is 4. The summed E-state index contributed by atoms with van der Waals surface area (Å²) in [7, 11) is 0. The van der Waals surface area contributed by atoms with E-state index in [0.717, 1.165) is 11.3 Å². The molecule has 0 aliphatic carbocycles. The van der Waals surface area contributed by atoms with Gasteiger partial charge in [0.25, 0.3) is 5.91 Å². The molecule has 0 bridgehead atoms. The average molecular weight is 373 g/mol. The first-order valence-corrected chi connectivity index (χ1v) is 8.97. The van der Waals surface area contributed by atoms with Crippen LogP contribution in [0, 0.1) is 0 Å². The predicted octanol–water partition coefficient (Wildman–Crippen LogP) is 2.88. The molecule has 0 fully saturated rings. The lowest BCUT2D eigenvalue weighted by Gasteiger charge is -2.14. The van der Waals surface area contributed by atoms with E-state index in [1.54, 1.807) is 11.4 Å². The fourth-order valence-corrected chi connectivity index (χ4v) is 2.77. The third-order valence-electron chi connectivity index (χ3n) is 4.24. The van der Waals surface area contributed by atoms with Crippen LogP contribution in [-0.4, -0.2) is 31.8 Å². The summed E-state index contributed by atoms with van der Waals surface area (Å²) in [4.78, 5) is 12.4. The summed E-state index contributed by atoms with van der Waals surface area (Å²) in [6.07, 6.45) is -0.630. The lowest BCUT2D eigenvalue weighted by atomic mass is 10.1. The molecule has 0 spiro atoms. The number of amides is 1. The maximum absolute atomic E-state index is 12.4. The highest BCUT2D eigenvalue weighted by atomic mass is 16.5. The van der Waals surface area contributed by atoms with Gasteiger partial charge in [-0.2, -0.15) is 9.61 Å². The molecular formula is C21H19N5O2. The van der Waals surface area contributed by atoms with Crippen LogP contribution >= 0.6 is 0 Å². The van der Waals surface area contributed by atoms with Crippen molar-refractivity contribution < 1.29 is 9.53 Å². The SMILES string of the molecule is CC(Oc1ccccc1)C(=O)NCc1nnc2ccc(-c3ccccc3)nn12. The smallest absolute Gasteiger partial charge is 0.261 e. The zero-order chi connectivity index (χ0) is 19.3. The maximum atomic E-state index is 12.4. The minimum Gasteiger partial charge on any atom is -0.481 e. The Kier molecular flexibility index (Phi) is 4.97. The van der Waals surface area contributed by atoms with Crippen LogP contribution in [0.25, 0.3) is 16.9 Å². The lowest BCUT2D eigenvalue weighted by Crippen LogP contribution is -2.36. The Morgan fingerprint density at radius 1 is 1.00 bits per heavy atom. The predicted molar refractivity (Wildman–Crippen MR) is 105 cm³/mol. The normalized spacial score (nSPS) is 11.9. The van der Waals surface area contributed by atoms with Crippen molar-refractivity contribution >= 4 is 11.6 Å². The summed E-state index contributed by atoms with van der Waals surface area (Å²) >= 11 is 0. The number of rotatable bonds is 6. The lowest BCUT2D eigenvalue weighted by molar-refractivity contribution is -0.127. The van der Waals surface area contributed by atoms with Gasteiger partial charge in [-0.1, -0.05) is 48.5 Å². The Hall–Kier alpha value is -3.74. The van der Waals surface area contributed by atoms with E-state index < -0.39 is 6.10 Å². The maximum Gasteiger partial charge on any atom is 0.261 e. The number of aromatic nitrogens is 4. The number of carbonyl (C=O) groups is 1. The van der Waals surface area contributed by atoms with Gasteiger partial charge < -0.3 is 10.1 Å². The van der Waals surface area contributed by atoms with Crippen molar-refractivity contribution in [2.45, 2.75) is 19.6 Å². The van der Waals surface area contributed by atoms with Gasteiger partial charge in [-0.3, -0.25) is 4.79 Å². The minimum atomic E-state index is -0.630. The molecule has 0 saturated heterocycles. The molecule has 0 radical (unpaired) electrons. The van der Waals surface area contributed by atoms with Crippen LogP contribution in [0.15, 0.2) is 72.8 Å². The van der Waals surface area contributed by atoms with E-state index in [1.165, 1.54) is 0 Å². The standard InChI is InChI=1S/C21H19N5O2/c1-15(28-17-10-6-3-7-11-17)21(27)22-14-20-24-23-19-13-12-18(25-26(19)20)16-8-4-2-5-9-16/h2-13,15H,14H2,1H3,(H,22,27). The molecule has 1 atom stereocenters. The van der Waals surface area contributed by atoms with Crippen LogP contribution in [0.2, 0.25) is 0 Å². The van der Waals surface area contributed by atoms with E-state index in [1.807, 2.05) is 72.8 Å². The van der Waals surface area contributed by atoms with Crippen LogP contribution in [-0.2, 0) is 11.3 Å². The van der Waals surface area contributed by atoms with Gasteiger partial charge in [0, 0.05) is 5.56 Å². The largest absolute Gasteiger partial charge is 0.481 e. The molecule has 28 heavy (non-hydrogen) atoms. The first-order chi connectivity index (χ1) is 13.7. The molecule has 2 aromatic heterocycles. The van der Waals surface area contributed by atoms with Gasteiger partial charge in [-0.25, -0.2) is 0 Å². The Bertz CT molecular complexity index is 1080. The summed E-state index contributed by atoms with van der Waals surface area (Å²) in [6, 6.07) is 22.8. The molecule has 7 nitrogen and oxygen atoms in total. The van der Waals surface area contributed by atoms with Gasteiger partial charge in [0.2, 0.25) is 0 Å². The van der Waals surface area contributed by atoms with Crippen molar-refractivity contribution in [1.82, 2.24) is 25.1 Å². The van der Waals surface area contributed by atoms with Crippen LogP contribution in [0.1, 0.15) is 12.7 Å². The molecule has 1 N–H and O–H groups in total. The molecule has 4 rings (SSSR count). The molecule has 0 saturated carbocycles. The van der Waals surface area contributed by atoms with Crippen LogP contribution in [0.4, 0.5) is 0 Å². The number of ether oxygens (including phenoxy) is 1. The molecular weight excluding hydrogens is 354 g/mol. The van der Waals surface area contributed by atoms with E-state index in [4.69, 9.17) is 4.74 Å². The van der Waals surface area contributed by atoms with Gasteiger partial charge in [0.15, 0.2) is 17.6 Å². The highest BCUT2D eigenvalue weighted by Gasteiger charge is 2.16. The average Bonchev–Trinajstić information content (AvgIpc) is 3.15. The van der Waals surface area contributed by atoms with Crippen LogP contribution in [0.5, 0.6) is 5.75 Å². The molecule has 140 valence electrons. The number of hydrogen-bond donors (Lipinski definition) is 1. The van der Waals surface area contributed by atoms with E-state index in [9.17, 15) is 4.79 Å². The van der Waals surface area contributed by atoms with E-state index >= 15 is 0 Å². The van der Waals surface area contributed by atoms with Gasteiger partial charge in [0.05, 0.1) is 12.2 Å². The highest BCUT2D eigenvalue weighted by molar-refractivity contribution is 5.80. The van der Waals surface area contributed by atoms with Crippen LogP contribution in [0.3, 0.4) is 0 Å². The van der Waals surface area contributed by atoms with Crippen LogP contribution < -0.4 is 10.1 Å². The second-order valence-corrected chi connectivity index (χ2v) is 6.26. The van der Waals surface area contributed by atoms with Crippen molar-refractivity contribution in [1.29, 1.82) is 0 Å². The van der Waals surface area contributed by atoms with Crippen molar-refractivity contribution in [2.75, 3.05) is 0 Å². The molecule has 2 heterocycles. The summed E-state index contributed by atoms with van der Waals surface area (Å²) in [5.41, 5.74) is 2.43.